The van der Waals surface area contributed by atoms with Gasteiger partial charge in [0.25, 0.3) is 5.91 Å². The summed E-state index contributed by atoms with van der Waals surface area (Å²) < 4.78 is 41.5. The van der Waals surface area contributed by atoms with Gasteiger partial charge >= 0.3 is 12.1 Å². The minimum Gasteiger partial charge on any atom is -0.480 e. The SMILES string of the molecule is Cc1occc1C(=O)N(CC(=O)O)CC(F)(F)F. The molecule has 0 aliphatic rings. The summed E-state index contributed by atoms with van der Waals surface area (Å²) in [5.74, 6) is -2.41. The molecule has 1 aromatic rings. The summed E-state index contributed by atoms with van der Waals surface area (Å²) in [7, 11) is 0. The van der Waals surface area contributed by atoms with Gasteiger partial charge in [0, 0.05) is 0 Å². The molecule has 1 heterocycles. The molecule has 0 aliphatic carbocycles. The maximum absolute atomic E-state index is 12.2. The average Bonchev–Trinajstić information content (AvgIpc) is 2.59. The van der Waals surface area contributed by atoms with Crippen LogP contribution in [0.1, 0.15) is 16.1 Å². The van der Waals surface area contributed by atoms with Crippen molar-refractivity contribution in [2.24, 2.45) is 0 Å². The van der Waals surface area contributed by atoms with Gasteiger partial charge in [0.1, 0.15) is 18.8 Å². The summed E-state index contributed by atoms with van der Waals surface area (Å²) in [5, 5.41) is 8.51. The van der Waals surface area contributed by atoms with Crippen LogP contribution >= 0.6 is 0 Å². The first-order valence-corrected chi connectivity index (χ1v) is 4.82. The van der Waals surface area contributed by atoms with Crippen LogP contribution < -0.4 is 0 Å². The maximum Gasteiger partial charge on any atom is 0.406 e. The van der Waals surface area contributed by atoms with E-state index >= 15 is 0 Å². The lowest BCUT2D eigenvalue weighted by molar-refractivity contribution is -0.149. The number of furan rings is 1. The third-order valence-electron chi connectivity index (χ3n) is 2.07. The number of rotatable bonds is 4. The summed E-state index contributed by atoms with van der Waals surface area (Å²) in [4.78, 5) is 22.4. The van der Waals surface area contributed by atoms with Crippen molar-refractivity contribution in [3.05, 3.63) is 23.7 Å². The van der Waals surface area contributed by atoms with Gasteiger partial charge in [-0.25, -0.2) is 0 Å². The fourth-order valence-electron chi connectivity index (χ4n) is 1.36. The van der Waals surface area contributed by atoms with E-state index in [1.54, 1.807) is 0 Å². The summed E-state index contributed by atoms with van der Waals surface area (Å²) >= 11 is 0. The Kier molecular flexibility index (Phi) is 4.00. The zero-order chi connectivity index (χ0) is 13.9. The standard InChI is InChI=1S/C10H10F3NO4/c1-6-7(2-3-18-6)9(17)14(4-8(15)16)5-10(11,12)13/h2-3H,4-5H2,1H3,(H,15,16). The highest BCUT2D eigenvalue weighted by Gasteiger charge is 2.35. The van der Waals surface area contributed by atoms with Gasteiger partial charge in [-0.3, -0.25) is 9.59 Å². The van der Waals surface area contributed by atoms with Gasteiger partial charge in [-0.15, -0.1) is 0 Å². The van der Waals surface area contributed by atoms with Crippen LogP contribution in [-0.2, 0) is 4.79 Å². The first-order valence-electron chi connectivity index (χ1n) is 4.82. The molecule has 8 heteroatoms. The minimum absolute atomic E-state index is 0.0829. The summed E-state index contributed by atoms with van der Waals surface area (Å²) in [5.41, 5.74) is -0.0829. The van der Waals surface area contributed by atoms with E-state index in [4.69, 9.17) is 9.52 Å². The maximum atomic E-state index is 12.2. The Morgan fingerprint density at radius 2 is 2.06 bits per heavy atom. The van der Waals surface area contributed by atoms with Gasteiger partial charge in [0.2, 0.25) is 0 Å². The van der Waals surface area contributed by atoms with E-state index in [1.807, 2.05) is 0 Å². The van der Waals surface area contributed by atoms with Crippen molar-refractivity contribution >= 4 is 11.9 Å². The van der Waals surface area contributed by atoms with Gasteiger partial charge in [-0.2, -0.15) is 13.2 Å². The highest BCUT2D eigenvalue weighted by Crippen LogP contribution is 2.19. The highest BCUT2D eigenvalue weighted by atomic mass is 19.4. The number of alkyl halides is 3. The minimum atomic E-state index is -4.66. The third-order valence-corrected chi connectivity index (χ3v) is 2.07. The molecule has 0 aromatic carbocycles. The summed E-state index contributed by atoms with van der Waals surface area (Å²) in [6, 6.07) is 1.20. The van der Waals surface area contributed by atoms with Crippen LogP contribution in [0.2, 0.25) is 0 Å². The number of carbonyl (C=O) groups is 2. The van der Waals surface area contributed by atoms with Crippen molar-refractivity contribution in [1.29, 1.82) is 0 Å². The highest BCUT2D eigenvalue weighted by molar-refractivity contribution is 5.96. The van der Waals surface area contributed by atoms with Crippen molar-refractivity contribution in [2.45, 2.75) is 13.1 Å². The van der Waals surface area contributed by atoms with Crippen LogP contribution in [0.15, 0.2) is 16.7 Å². The lowest BCUT2D eigenvalue weighted by Gasteiger charge is -2.21. The molecule has 0 atom stereocenters. The van der Waals surface area contributed by atoms with Gasteiger partial charge in [0.05, 0.1) is 11.8 Å². The molecule has 0 radical (unpaired) electrons. The first kappa shape index (κ1) is 14.1. The van der Waals surface area contributed by atoms with Gasteiger partial charge in [0.15, 0.2) is 0 Å². The normalized spacial score (nSPS) is 11.3. The second kappa shape index (κ2) is 5.11. The zero-order valence-electron chi connectivity index (χ0n) is 9.32. The van der Waals surface area contributed by atoms with E-state index in [1.165, 1.54) is 13.0 Å². The topological polar surface area (TPSA) is 70.8 Å². The number of aliphatic carboxylic acids is 1. The Hall–Kier alpha value is -1.99. The second-order valence-corrected chi connectivity index (χ2v) is 3.56. The van der Waals surface area contributed by atoms with Crippen LogP contribution in [0.4, 0.5) is 13.2 Å². The van der Waals surface area contributed by atoms with Crippen molar-refractivity contribution < 1.29 is 32.3 Å². The Morgan fingerprint density at radius 3 is 2.44 bits per heavy atom. The number of amides is 1. The molecule has 1 amide bonds. The molecule has 18 heavy (non-hydrogen) atoms. The third kappa shape index (κ3) is 3.79. The largest absolute Gasteiger partial charge is 0.480 e. The Balaban J connectivity index is 2.93. The van der Waals surface area contributed by atoms with Gasteiger partial charge in [-0.1, -0.05) is 0 Å². The molecule has 0 bridgehead atoms. The number of carboxylic acids is 1. The van der Waals surface area contributed by atoms with Crippen molar-refractivity contribution in [3.8, 4) is 0 Å². The number of halogens is 3. The van der Waals surface area contributed by atoms with E-state index in [-0.39, 0.29) is 16.2 Å². The quantitative estimate of drug-likeness (QED) is 0.899. The smallest absolute Gasteiger partial charge is 0.406 e. The fourth-order valence-corrected chi connectivity index (χ4v) is 1.36. The Morgan fingerprint density at radius 1 is 1.44 bits per heavy atom. The average molecular weight is 265 g/mol. The Bertz CT molecular complexity index is 452. The number of hydrogen-bond acceptors (Lipinski definition) is 3. The molecular formula is C10H10F3NO4. The molecule has 0 unspecified atom stereocenters. The molecule has 0 saturated heterocycles. The summed E-state index contributed by atoms with van der Waals surface area (Å²) in [6.07, 6.45) is -3.52. The lowest BCUT2D eigenvalue weighted by atomic mass is 10.2. The zero-order valence-corrected chi connectivity index (χ0v) is 9.32. The number of hydrogen-bond donors (Lipinski definition) is 1. The number of nitrogens with zero attached hydrogens (tertiary/aromatic N) is 1. The number of carbonyl (C=O) groups excluding carboxylic acids is 1. The molecule has 0 spiro atoms. The number of aryl methyl sites for hydroxylation is 1. The predicted molar refractivity (Wildman–Crippen MR) is 53.0 cm³/mol. The second-order valence-electron chi connectivity index (χ2n) is 3.56. The van der Waals surface area contributed by atoms with Crippen LogP contribution in [0.25, 0.3) is 0 Å². The van der Waals surface area contributed by atoms with Crippen molar-refractivity contribution in [1.82, 2.24) is 4.90 Å². The van der Waals surface area contributed by atoms with Crippen LogP contribution in [-0.4, -0.2) is 41.1 Å². The monoisotopic (exact) mass is 265 g/mol. The fraction of sp³-hybridized carbons (Fsp3) is 0.400. The van der Waals surface area contributed by atoms with Gasteiger partial charge in [-0.05, 0) is 13.0 Å². The molecule has 1 N–H and O–H groups in total. The van der Waals surface area contributed by atoms with Crippen molar-refractivity contribution in [2.75, 3.05) is 13.1 Å². The Labute approximate surface area is 99.8 Å². The molecule has 0 fully saturated rings. The van der Waals surface area contributed by atoms with E-state index < -0.39 is 31.1 Å². The van der Waals surface area contributed by atoms with Crippen LogP contribution in [0.5, 0.6) is 0 Å². The van der Waals surface area contributed by atoms with E-state index in [0.717, 1.165) is 6.26 Å². The van der Waals surface area contributed by atoms with E-state index in [2.05, 4.69) is 0 Å². The molecule has 0 aliphatic heterocycles. The molecular weight excluding hydrogens is 255 g/mol. The molecule has 0 saturated carbocycles. The number of carboxylic acid groups (broad SMARTS) is 1. The van der Waals surface area contributed by atoms with Crippen LogP contribution in [0, 0.1) is 6.92 Å². The van der Waals surface area contributed by atoms with Crippen LogP contribution in [0.3, 0.4) is 0 Å². The lowest BCUT2D eigenvalue weighted by Crippen LogP contribution is -2.42. The van der Waals surface area contributed by atoms with Gasteiger partial charge < -0.3 is 14.4 Å². The summed E-state index contributed by atoms with van der Waals surface area (Å²) in [6.45, 7) is -1.24. The molecule has 5 nitrogen and oxygen atoms in total. The molecule has 1 rings (SSSR count). The van der Waals surface area contributed by atoms with E-state index in [9.17, 15) is 22.8 Å². The first-order chi connectivity index (χ1) is 8.20. The molecule has 100 valence electrons. The predicted octanol–water partition coefficient (Wildman–Crippen LogP) is 1.68. The molecule has 1 aromatic heterocycles. The van der Waals surface area contributed by atoms with E-state index in [0.29, 0.717) is 0 Å². The van der Waals surface area contributed by atoms with Crippen molar-refractivity contribution in [3.63, 3.8) is 0 Å².